The third-order valence-electron chi connectivity index (χ3n) is 7.78. The zero-order chi connectivity index (χ0) is 34.1. The molecule has 2 aliphatic rings. The number of fused-ring (bicyclic) bond motifs is 2. The van der Waals surface area contributed by atoms with E-state index >= 15 is 0 Å². The van der Waals surface area contributed by atoms with E-state index in [1.165, 1.54) is 44.6 Å². The number of aliphatic hydroxyl groups excluding tert-OH is 1. The van der Waals surface area contributed by atoms with Crippen molar-refractivity contribution >= 4 is 40.8 Å². The highest BCUT2D eigenvalue weighted by atomic mass is 32.1. The Morgan fingerprint density at radius 1 is 1.13 bits per heavy atom. The Morgan fingerprint density at radius 2 is 1.85 bits per heavy atom. The van der Waals surface area contributed by atoms with E-state index in [-0.39, 0.29) is 41.3 Å². The second kappa shape index (κ2) is 16.4. The van der Waals surface area contributed by atoms with Gasteiger partial charge in [-0.1, -0.05) is 44.2 Å². The van der Waals surface area contributed by atoms with Gasteiger partial charge in [-0.25, -0.2) is 4.79 Å². The summed E-state index contributed by atoms with van der Waals surface area (Å²) in [6, 6.07) is 3.29. The van der Waals surface area contributed by atoms with E-state index in [9.17, 15) is 29.1 Å². The topological polar surface area (TPSA) is 183 Å². The minimum Gasteiger partial charge on any atom is -0.439 e. The number of aliphatic hydroxyl groups is 1. The van der Waals surface area contributed by atoms with E-state index in [4.69, 9.17) is 19.9 Å². The van der Waals surface area contributed by atoms with Gasteiger partial charge in [-0.15, -0.1) is 11.3 Å². The molecule has 0 aromatic carbocycles. The van der Waals surface area contributed by atoms with E-state index in [2.05, 4.69) is 10.6 Å². The zero-order valence-corrected chi connectivity index (χ0v) is 27.5. The first-order valence-electron chi connectivity index (χ1n) is 14.7. The highest BCUT2D eigenvalue weighted by molar-refractivity contribution is 7.12. The molecule has 2 bridgehead atoms. The number of allylic oxidation sites excluding steroid dienone is 4. The van der Waals surface area contributed by atoms with Crippen LogP contribution < -0.4 is 16.4 Å². The first kappa shape index (κ1) is 36.3. The molecule has 0 saturated carbocycles. The van der Waals surface area contributed by atoms with Gasteiger partial charge in [0, 0.05) is 37.4 Å². The Labute approximate surface area is 272 Å². The summed E-state index contributed by atoms with van der Waals surface area (Å²) >= 11 is 1.18. The Kier molecular flexibility index (Phi) is 12.9. The molecule has 5 N–H and O–H groups in total. The summed E-state index contributed by atoms with van der Waals surface area (Å²) in [5, 5.41) is 18.1. The molecular formula is C33H41N3O9S. The minimum absolute atomic E-state index is 0.0298. The molecule has 0 radical (unpaired) electrons. The van der Waals surface area contributed by atoms with Crippen molar-refractivity contribution in [2.45, 2.75) is 65.0 Å². The Bertz CT molecular complexity index is 1490. The maximum Gasteiger partial charge on any atom is 0.405 e. The van der Waals surface area contributed by atoms with Crippen molar-refractivity contribution in [1.29, 1.82) is 0 Å². The molecule has 0 fully saturated rings. The standard InChI is InChI=1S/C33H41N3O9S/c1-17-13-21-27(36-32(41)26-11-8-12-46-26)23(37)16-22(29(21)39)35-31(40)18(2)9-7-10-24(43-5)30(45-33(34)42)20(4)15-19(3)28(38)25(14-17)44-6/h7-12,15-17,19,24-25,28,30,38H,13-14H2,1-6H3,(H2,34,42)(H,35,40)(H,36,41)/b10-7-,18-9-,20-15-/t17-,19+,24-,25-,28+,30-/m1/s1. The van der Waals surface area contributed by atoms with Gasteiger partial charge >= 0.3 is 6.09 Å². The van der Waals surface area contributed by atoms with Crippen LogP contribution in [0.15, 0.2) is 76.0 Å². The quantitative estimate of drug-likeness (QED) is 0.273. The second-order valence-corrected chi connectivity index (χ2v) is 12.3. The molecule has 1 aromatic heterocycles. The molecule has 1 aromatic rings. The van der Waals surface area contributed by atoms with Gasteiger partial charge in [-0.3, -0.25) is 19.2 Å². The van der Waals surface area contributed by atoms with Crippen LogP contribution in [0.3, 0.4) is 0 Å². The summed E-state index contributed by atoms with van der Waals surface area (Å²) in [6.07, 6.45) is 3.09. The number of ketones is 2. The summed E-state index contributed by atoms with van der Waals surface area (Å²) < 4.78 is 16.6. The number of carbonyl (C=O) groups is 5. The van der Waals surface area contributed by atoms with E-state index in [1.807, 2.05) is 6.92 Å². The number of ether oxygens (including phenoxy) is 3. The molecule has 248 valence electrons. The Morgan fingerprint density at radius 3 is 2.46 bits per heavy atom. The van der Waals surface area contributed by atoms with Gasteiger partial charge in [0.25, 0.3) is 11.8 Å². The number of thiophene rings is 1. The fourth-order valence-corrected chi connectivity index (χ4v) is 5.92. The fraction of sp³-hybridized carbons (Fsp3) is 0.424. The number of carbonyl (C=O) groups excluding carboxylic acids is 5. The Balaban J connectivity index is 2.09. The zero-order valence-electron chi connectivity index (χ0n) is 26.7. The summed E-state index contributed by atoms with van der Waals surface area (Å²) in [4.78, 5) is 65.2. The lowest BCUT2D eigenvalue weighted by Gasteiger charge is -2.30. The van der Waals surface area contributed by atoms with Crippen LogP contribution in [0.25, 0.3) is 0 Å². The molecule has 46 heavy (non-hydrogen) atoms. The monoisotopic (exact) mass is 655 g/mol. The maximum absolute atomic E-state index is 13.8. The number of hydrogen-bond acceptors (Lipinski definition) is 10. The number of nitrogens with one attached hydrogen (secondary N) is 2. The average molecular weight is 656 g/mol. The van der Waals surface area contributed by atoms with Gasteiger partial charge in [0.15, 0.2) is 6.10 Å². The van der Waals surface area contributed by atoms with Crippen molar-refractivity contribution in [2.75, 3.05) is 14.2 Å². The molecule has 12 nitrogen and oxygen atoms in total. The van der Waals surface area contributed by atoms with Crippen molar-refractivity contribution < 1.29 is 43.3 Å². The molecule has 1 aliphatic carbocycles. The van der Waals surface area contributed by atoms with Crippen LogP contribution in [0.2, 0.25) is 0 Å². The molecule has 0 unspecified atom stereocenters. The number of primary amides is 1. The predicted octanol–water partition coefficient (Wildman–Crippen LogP) is 3.25. The number of methoxy groups -OCH3 is 2. The van der Waals surface area contributed by atoms with Crippen LogP contribution >= 0.6 is 11.3 Å². The van der Waals surface area contributed by atoms with E-state index in [1.54, 1.807) is 43.5 Å². The lowest BCUT2D eigenvalue weighted by atomic mass is 9.85. The molecule has 0 saturated heterocycles. The van der Waals surface area contributed by atoms with Gasteiger partial charge in [0.1, 0.15) is 6.10 Å². The molecule has 0 spiro atoms. The molecule has 3 rings (SSSR count). The lowest BCUT2D eigenvalue weighted by molar-refractivity contribution is -0.120. The highest BCUT2D eigenvalue weighted by Crippen LogP contribution is 2.29. The van der Waals surface area contributed by atoms with Crippen LogP contribution in [0, 0.1) is 11.8 Å². The van der Waals surface area contributed by atoms with Crippen LogP contribution in [-0.2, 0) is 28.6 Å². The number of amides is 3. The molecule has 3 amide bonds. The third-order valence-corrected chi connectivity index (χ3v) is 8.65. The van der Waals surface area contributed by atoms with Gasteiger partial charge in [-0.05, 0) is 49.6 Å². The highest BCUT2D eigenvalue weighted by Gasteiger charge is 2.34. The lowest BCUT2D eigenvalue weighted by Crippen LogP contribution is -2.38. The summed E-state index contributed by atoms with van der Waals surface area (Å²) in [6.45, 7) is 6.83. The van der Waals surface area contributed by atoms with Crippen molar-refractivity contribution in [1.82, 2.24) is 10.6 Å². The second-order valence-electron chi connectivity index (χ2n) is 11.4. The first-order valence-corrected chi connectivity index (χ1v) is 15.6. The van der Waals surface area contributed by atoms with Gasteiger partial charge in [0.05, 0.1) is 28.5 Å². The number of Topliss-reactive ketones (excluding diaryl/α,β-unsaturated/α-hetero) is 1. The minimum atomic E-state index is -1.02. The van der Waals surface area contributed by atoms with Crippen LogP contribution in [0.5, 0.6) is 0 Å². The van der Waals surface area contributed by atoms with Gasteiger partial charge in [0.2, 0.25) is 11.6 Å². The third kappa shape index (κ3) is 9.19. The molecule has 13 heteroatoms. The van der Waals surface area contributed by atoms with Gasteiger partial charge in [-0.2, -0.15) is 0 Å². The van der Waals surface area contributed by atoms with Crippen molar-refractivity contribution in [3.05, 3.63) is 80.9 Å². The number of rotatable bonds is 5. The fourth-order valence-electron chi connectivity index (χ4n) is 5.30. The SMILES string of the molecule is CO[C@@H]1/C=C\C=C(\C)C(=O)NC2=CC(=O)C(NC(=O)c3cccs3)=C(C[C@@H](C)C[C@@H](OC)[C@@H](O)[C@@H](C)/C=C(/C)[C@H]1OC(N)=O)C2=O. The van der Waals surface area contributed by atoms with E-state index < -0.39 is 59.8 Å². The molecular weight excluding hydrogens is 614 g/mol. The molecule has 6 atom stereocenters. The summed E-state index contributed by atoms with van der Waals surface area (Å²) in [5.74, 6) is -3.26. The number of hydrogen-bond donors (Lipinski definition) is 4. The van der Waals surface area contributed by atoms with Crippen LogP contribution in [0.1, 0.15) is 50.2 Å². The van der Waals surface area contributed by atoms with Gasteiger partial charge < -0.3 is 35.7 Å². The van der Waals surface area contributed by atoms with E-state index in [0.29, 0.717) is 10.5 Å². The maximum atomic E-state index is 13.8. The van der Waals surface area contributed by atoms with Crippen LogP contribution in [0.4, 0.5) is 4.79 Å². The smallest absolute Gasteiger partial charge is 0.405 e. The van der Waals surface area contributed by atoms with E-state index in [0.717, 1.165) is 6.08 Å². The predicted molar refractivity (Wildman–Crippen MR) is 171 cm³/mol. The van der Waals surface area contributed by atoms with Crippen molar-refractivity contribution in [2.24, 2.45) is 17.6 Å². The van der Waals surface area contributed by atoms with Crippen molar-refractivity contribution in [3.63, 3.8) is 0 Å². The van der Waals surface area contributed by atoms with Crippen LogP contribution in [-0.4, -0.2) is 73.2 Å². The first-order chi connectivity index (χ1) is 21.8. The molecule has 2 heterocycles. The molecule has 1 aliphatic heterocycles. The summed E-state index contributed by atoms with van der Waals surface area (Å²) in [7, 11) is 2.87. The number of nitrogens with two attached hydrogens (primary N) is 1. The average Bonchev–Trinajstić information content (AvgIpc) is 3.55. The normalized spacial score (nSPS) is 29.9. The Hall–Kier alpha value is -4.17. The largest absolute Gasteiger partial charge is 0.439 e. The summed E-state index contributed by atoms with van der Waals surface area (Å²) in [5.41, 5.74) is 5.73. The van der Waals surface area contributed by atoms with Crippen molar-refractivity contribution in [3.8, 4) is 0 Å².